The highest BCUT2D eigenvalue weighted by molar-refractivity contribution is 7.69. The van der Waals surface area contributed by atoms with Gasteiger partial charge in [-0.15, -0.1) is 0 Å². The Balaban J connectivity index is 1.13. The summed E-state index contributed by atoms with van der Waals surface area (Å²) in [5.74, 6) is 2.83. The summed E-state index contributed by atoms with van der Waals surface area (Å²) in [4.78, 5) is 13.1. The van der Waals surface area contributed by atoms with Gasteiger partial charge in [0, 0.05) is 31.3 Å². The molecule has 7 nitrogen and oxygen atoms in total. The van der Waals surface area contributed by atoms with E-state index in [9.17, 15) is 18.3 Å². The van der Waals surface area contributed by atoms with Crippen molar-refractivity contribution in [1.82, 2.24) is 9.62 Å². The minimum absolute atomic E-state index is 0.0323. The number of nitrogens with one attached hydrogen (secondary N) is 1. The van der Waals surface area contributed by atoms with Crippen LogP contribution in [0.1, 0.15) is 61.7 Å². The summed E-state index contributed by atoms with van der Waals surface area (Å²) in [7, 11) is -2.46. The van der Waals surface area contributed by atoms with Gasteiger partial charge in [0.05, 0.1) is 6.61 Å². The molecule has 1 aliphatic heterocycles. The average molecular weight is 477 g/mol. The molecule has 2 N–H and O–H groups in total. The van der Waals surface area contributed by atoms with Crippen molar-refractivity contribution in [2.45, 2.75) is 57.4 Å². The summed E-state index contributed by atoms with van der Waals surface area (Å²) in [6, 6.07) is 7.63. The number of rotatable bonds is 8. The van der Waals surface area contributed by atoms with Crippen LogP contribution < -0.4 is 10.1 Å². The van der Waals surface area contributed by atoms with Gasteiger partial charge in [-0.25, -0.2) is 12.7 Å². The van der Waals surface area contributed by atoms with Crippen LogP contribution in [0.5, 0.6) is 5.75 Å². The van der Waals surface area contributed by atoms with E-state index in [4.69, 9.17) is 4.74 Å². The molecule has 5 fully saturated rings. The lowest BCUT2D eigenvalue weighted by Crippen LogP contribution is -2.60. The van der Waals surface area contributed by atoms with Crippen LogP contribution in [0.2, 0.25) is 0 Å². The zero-order chi connectivity index (χ0) is 23.0. The highest BCUT2D eigenvalue weighted by Gasteiger charge is 2.55. The topological polar surface area (TPSA) is 95.9 Å². The fourth-order valence-electron chi connectivity index (χ4n) is 7.30. The molecular formula is C25H36N2O5S. The molecule has 33 heavy (non-hydrogen) atoms. The minimum atomic E-state index is -2.46. The van der Waals surface area contributed by atoms with E-state index in [0.717, 1.165) is 44.4 Å². The van der Waals surface area contributed by atoms with E-state index < -0.39 is 10.9 Å². The second kappa shape index (κ2) is 9.55. The van der Waals surface area contributed by atoms with Crippen LogP contribution in [-0.4, -0.2) is 56.1 Å². The zero-order valence-corrected chi connectivity index (χ0v) is 20.1. The molecule has 4 bridgehead atoms. The Morgan fingerprint density at radius 3 is 2.55 bits per heavy atom. The van der Waals surface area contributed by atoms with Gasteiger partial charge in [-0.2, -0.15) is 0 Å². The van der Waals surface area contributed by atoms with E-state index in [0.29, 0.717) is 48.8 Å². The molecule has 0 radical (unpaired) electrons. The maximum atomic E-state index is 13.1. The zero-order valence-electron chi connectivity index (χ0n) is 19.2. The maximum Gasteiger partial charge on any atom is 0.251 e. The number of piperidine rings is 1. The fourth-order valence-corrected chi connectivity index (χ4v) is 7.86. The number of hydrogen-bond donors (Lipinski definition) is 3. The number of aliphatic hydroxyl groups excluding tert-OH is 1. The van der Waals surface area contributed by atoms with E-state index >= 15 is 0 Å². The van der Waals surface area contributed by atoms with Crippen molar-refractivity contribution >= 4 is 16.8 Å². The number of amides is 1. The Bertz CT molecular complexity index is 918. The van der Waals surface area contributed by atoms with Crippen molar-refractivity contribution in [3.8, 4) is 5.75 Å². The van der Waals surface area contributed by atoms with E-state index in [2.05, 4.69) is 5.32 Å². The Kier molecular flexibility index (Phi) is 6.69. The lowest BCUT2D eigenvalue weighted by molar-refractivity contribution is -0.0969. The maximum absolute atomic E-state index is 13.1. The minimum Gasteiger partial charge on any atom is -0.494 e. The van der Waals surface area contributed by atoms with Gasteiger partial charge in [0.1, 0.15) is 5.75 Å². The first-order valence-electron chi connectivity index (χ1n) is 12.5. The summed E-state index contributed by atoms with van der Waals surface area (Å²) in [6.45, 7) is 2.05. The summed E-state index contributed by atoms with van der Waals surface area (Å²) < 4.78 is 29.6. The Morgan fingerprint density at radius 2 is 1.88 bits per heavy atom. The Morgan fingerprint density at radius 1 is 1.15 bits per heavy atom. The van der Waals surface area contributed by atoms with Gasteiger partial charge in [0.25, 0.3) is 5.91 Å². The molecule has 6 rings (SSSR count). The third-order valence-corrected chi connectivity index (χ3v) is 9.61. The standard InChI is InChI=1S/C25H36N2O5S/c28-16-25-13-18-10-20(14-25)23(21(11-18)15-25)26-24(29)19-2-1-3-22(12-19)32-9-6-17-4-7-27(8-5-17)33(30)31/h1-3,12,17-18,20-21,23,28,33H,4-11,13-16H2,(H,26,29). The van der Waals surface area contributed by atoms with Crippen LogP contribution in [0, 0.1) is 29.1 Å². The first-order valence-corrected chi connectivity index (χ1v) is 13.6. The number of hydrogen-bond acceptors (Lipinski definition) is 5. The molecule has 1 aromatic carbocycles. The van der Waals surface area contributed by atoms with Crippen LogP contribution in [0.3, 0.4) is 0 Å². The summed E-state index contributed by atoms with van der Waals surface area (Å²) in [6.07, 6.45) is 8.22. The average Bonchev–Trinajstić information content (AvgIpc) is 2.81. The first-order chi connectivity index (χ1) is 15.9. The Labute approximate surface area is 198 Å². The molecule has 8 heteroatoms. The molecule has 2 atom stereocenters. The largest absolute Gasteiger partial charge is 0.494 e. The van der Waals surface area contributed by atoms with Gasteiger partial charge in [-0.1, -0.05) is 6.07 Å². The van der Waals surface area contributed by atoms with E-state index in [1.54, 1.807) is 0 Å². The second-order valence-electron chi connectivity index (χ2n) is 10.9. The lowest BCUT2D eigenvalue weighted by Gasteiger charge is -2.59. The molecule has 1 aromatic rings. The number of carbonyl (C=O) groups excluding carboxylic acids is 1. The number of thiol groups is 1. The second-order valence-corrected chi connectivity index (χ2v) is 12.0. The third-order valence-electron chi connectivity index (χ3n) is 8.75. The molecule has 0 spiro atoms. The molecular weight excluding hydrogens is 440 g/mol. The smallest absolute Gasteiger partial charge is 0.251 e. The molecule has 4 aliphatic carbocycles. The highest BCUT2D eigenvalue weighted by Crippen LogP contribution is 2.59. The van der Waals surface area contributed by atoms with Crippen molar-refractivity contribution in [3.05, 3.63) is 29.8 Å². The SMILES string of the molecule is O=C(NC1C2CC3CC1CC(CO)(C3)C2)c1cccc(OCCC2CCN([SH](=O)=O)CC2)c1. The van der Waals surface area contributed by atoms with E-state index in [-0.39, 0.29) is 24.0 Å². The Hall–Kier alpha value is -1.64. The van der Waals surface area contributed by atoms with Gasteiger partial charge in [0.2, 0.25) is 10.9 Å². The predicted molar refractivity (Wildman–Crippen MR) is 125 cm³/mol. The first kappa shape index (κ1) is 23.1. The van der Waals surface area contributed by atoms with Gasteiger partial charge < -0.3 is 15.2 Å². The number of nitrogens with zero attached hydrogens (tertiary/aromatic N) is 1. The highest BCUT2D eigenvalue weighted by atomic mass is 32.2. The van der Waals surface area contributed by atoms with E-state index in [1.807, 2.05) is 24.3 Å². The third kappa shape index (κ3) is 4.93. The summed E-state index contributed by atoms with van der Waals surface area (Å²) >= 11 is 0. The van der Waals surface area contributed by atoms with Gasteiger partial charge in [-0.05, 0) is 98.7 Å². The fraction of sp³-hybridized carbons (Fsp3) is 0.720. The van der Waals surface area contributed by atoms with Gasteiger partial charge in [0.15, 0.2) is 0 Å². The van der Waals surface area contributed by atoms with Crippen LogP contribution in [0.25, 0.3) is 0 Å². The quantitative estimate of drug-likeness (QED) is 0.502. The number of ether oxygens (including phenoxy) is 1. The van der Waals surface area contributed by atoms with Crippen LogP contribution in [0.15, 0.2) is 24.3 Å². The number of aliphatic hydroxyl groups is 1. The molecule has 5 aliphatic rings. The molecule has 1 heterocycles. The molecule has 0 aromatic heterocycles. The number of carbonyl (C=O) groups is 1. The molecule has 182 valence electrons. The number of benzene rings is 1. The van der Waals surface area contributed by atoms with E-state index in [1.165, 1.54) is 17.1 Å². The lowest BCUT2D eigenvalue weighted by atomic mass is 9.48. The van der Waals surface area contributed by atoms with Gasteiger partial charge >= 0.3 is 0 Å². The van der Waals surface area contributed by atoms with Gasteiger partial charge in [-0.3, -0.25) is 4.79 Å². The monoisotopic (exact) mass is 476 g/mol. The van der Waals surface area contributed by atoms with Crippen molar-refractivity contribution < 1.29 is 23.1 Å². The molecule has 4 saturated carbocycles. The molecule has 1 amide bonds. The van der Waals surface area contributed by atoms with Crippen LogP contribution >= 0.6 is 0 Å². The van der Waals surface area contributed by atoms with Crippen molar-refractivity contribution in [2.75, 3.05) is 26.3 Å². The summed E-state index contributed by atoms with van der Waals surface area (Å²) in [5, 5.41) is 13.3. The normalized spacial score (nSPS) is 34.0. The van der Waals surface area contributed by atoms with Crippen LogP contribution in [-0.2, 0) is 10.9 Å². The summed E-state index contributed by atoms with van der Waals surface area (Å²) in [5.41, 5.74) is 0.736. The van der Waals surface area contributed by atoms with Crippen LogP contribution in [0.4, 0.5) is 0 Å². The molecule has 2 unspecified atom stereocenters. The van der Waals surface area contributed by atoms with Crippen molar-refractivity contribution in [1.29, 1.82) is 0 Å². The predicted octanol–water partition coefficient (Wildman–Crippen LogP) is 2.61. The molecule has 1 saturated heterocycles. The van der Waals surface area contributed by atoms with Crippen molar-refractivity contribution in [2.24, 2.45) is 29.1 Å². The van der Waals surface area contributed by atoms with Crippen molar-refractivity contribution in [3.63, 3.8) is 0 Å².